The van der Waals surface area contributed by atoms with E-state index in [1.54, 1.807) is 0 Å². The Morgan fingerprint density at radius 3 is 1.09 bits per heavy atom. The second-order valence-electron chi connectivity index (χ2n) is 16.1. The third-order valence-corrected chi connectivity index (χ3v) is 7.34. The largest absolute Gasteiger partial charge is 0.461 e. The zero-order chi connectivity index (χ0) is 35.8. The van der Waals surface area contributed by atoms with Gasteiger partial charge in [-0.1, -0.05) is 77.0 Å². The number of rotatable bonds is 27. The summed E-state index contributed by atoms with van der Waals surface area (Å²) in [5.41, 5.74) is -0.834. The third-order valence-electron chi connectivity index (χ3n) is 7.34. The van der Waals surface area contributed by atoms with Crippen LogP contribution in [0, 0.1) is 0 Å². The van der Waals surface area contributed by atoms with Crippen molar-refractivity contribution < 1.29 is 42.6 Å². The van der Waals surface area contributed by atoms with Crippen molar-refractivity contribution in [1.29, 1.82) is 0 Å². The highest BCUT2D eigenvalue weighted by Crippen LogP contribution is 2.16. The van der Waals surface area contributed by atoms with Crippen LogP contribution in [0.4, 0.5) is 0 Å². The van der Waals surface area contributed by atoms with E-state index in [0.29, 0.717) is 36.7 Å². The molecule has 1 unspecified atom stereocenters. The molecule has 0 radical (unpaired) electrons. The van der Waals surface area contributed by atoms with Crippen LogP contribution in [0.15, 0.2) is 0 Å². The summed E-state index contributed by atoms with van der Waals surface area (Å²) in [6.07, 6.45) is 17.5. The first-order valence-electron chi connectivity index (χ1n) is 18.5. The van der Waals surface area contributed by atoms with Crippen molar-refractivity contribution in [3.05, 3.63) is 0 Å². The molecule has 9 heteroatoms. The molecule has 0 bridgehead atoms. The summed E-state index contributed by atoms with van der Waals surface area (Å²) in [5, 5.41) is 0. The number of nitrogens with zero attached hydrogens (tertiary/aromatic N) is 1. The Kier molecular flexibility index (Phi) is 23.8. The van der Waals surface area contributed by atoms with Gasteiger partial charge in [0.15, 0.2) is 6.10 Å². The normalized spacial score (nSPS) is 12.8. The quantitative estimate of drug-likeness (QED) is 0.0370. The molecule has 0 aromatic rings. The number of carbonyl (C=O) groups is 4. The molecule has 1 atom stereocenters. The maximum Gasteiger partial charge on any atom is 0.306 e. The molecule has 0 aliphatic rings. The van der Waals surface area contributed by atoms with E-state index in [2.05, 4.69) is 0 Å². The first-order chi connectivity index (χ1) is 21.9. The van der Waals surface area contributed by atoms with E-state index in [9.17, 15) is 19.2 Å². The van der Waals surface area contributed by atoms with Crippen molar-refractivity contribution in [3.63, 3.8) is 0 Å². The maximum absolute atomic E-state index is 12.5. The zero-order valence-electron chi connectivity index (χ0n) is 31.8. The Morgan fingerprint density at radius 2 is 0.766 bits per heavy atom. The van der Waals surface area contributed by atoms with Crippen molar-refractivity contribution in [2.24, 2.45) is 0 Å². The smallest absolute Gasteiger partial charge is 0.306 e. The fraction of sp³-hybridized carbons (Fsp3) is 0.895. The molecule has 276 valence electrons. The number of likely N-dealkylation sites (N-methyl/N-ethyl adjacent to an activating group) is 1. The van der Waals surface area contributed by atoms with Gasteiger partial charge >= 0.3 is 23.9 Å². The number of carbonyl (C=O) groups excluding carboxylic acids is 4. The summed E-state index contributed by atoms with van der Waals surface area (Å²) in [6, 6.07) is 0. The van der Waals surface area contributed by atoms with Gasteiger partial charge in [0.2, 0.25) is 0 Å². The topological polar surface area (TPSA) is 105 Å². The Hall–Kier alpha value is -2.16. The van der Waals surface area contributed by atoms with Crippen molar-refractivity contribution in [2.45, 2.75) is 187 Å². The number of esters is 4. The summed E-state index contributed by atoms with van der Waals surface area (Å²) < 4.78 is 22.5. The molecule has 0 aromatic carbocycles. The zero-order valence-corrected chi connectivity index (χ0v) is 31.8. The van der Waals surface area contributed by atoms with Gasteiger partial charge in [0.1, 0.15) is 24.4 Å². The predicted octanol–water partition coefficient (Wildman–Crippen LogP) is 8.63. The Labute approximate surface area is 287 Å². The van der Waals surface area contributed by atoms with Crippen LogP contribution in [0.25, 0.3) is 0 Å². The van der Waals surface area contributed by atoms with Gasteiger partial charge in [0, 0.05) is 25.7 Å². The lowest BCUT2D eigenvalue weighted by molar-refractivity contribution is -0.873. The summed E-state index contributed by atoms with van der Waals surface area (Å²) in [6.45, 7) is 12.0. The van der Waals surface area contributed by atoms with Crippen LogP contribution in [-0.4, -0.2) is 80.0 Å². The van der Waals surface area contributed by atoms with Crippen molar-refractivity contribution >= 4 is 23.9 Å². The minimum atomic E-state index is -0.456. The van der Waals surface area contributed by atoms with Crippen molar-refractivity contribution in [1.82, 2.24) is 0 Å². The summed E-state index contributed by atoms with van der Waals surface area (Å²) >= 11 is 0. The van der Waals surface area contributed by atoms with Crippen LogP contribution in [0.5, 0.6) is 0 Å². The number of hydrogen-bond acceptors (Lipinski definition) is 8. The molecule has 47 heavy (non-hydrogen) atoms. The van der Waals surface area contributed by atoms with Gasteiger partial charge in [0.25, 0.3) is 0 Å². The van der Waals surface area contributed by atoms with E-state index in [1.165, 1.54) is 0 Å². The molecule has 0 aliphatic carbocycles. The highest BCUT2D eigenvalue weighted by molar-refractivity contribution is 5.71. The first kappa shape index (κ1) is 44.8. The Balaban J connectivity index is 3.98. The van der Waals surface area contributed by atoms with E-state index in [0.717, 1.165) is 103 Å². The van der Waals surface area contributed by atoms with Crippen molar-refractivity contribution in [2.75, 3.05) is 34.3 Å². The summed E-state index contributed by atoms with van der Waals surface area (Å²) in [7, 11) is 6.09. The molecule has 0 rings (SSSR count). The van der Waals surface area contributed by atoms with Gasteiger partial charge in [-0.25, -0.2) is 0 Å². The van der Waals surface area contributed by atoms with Gasteiger partial charge in [-0.3, -0.25) is 19.2 Å². The molecule has 9 nitrogen and oxygen atoms in total. The van der Waals surface area contributed by atoms with Crippen LogP contribution >= 0.6 is 0 Å². The average Bonchev–Trinajstić information content (AvgIpc) is 2.91. The molecule has 0 saturated carbocycles. The minimum Gasteiger partial charge on any atom is -0.461 e. The van der Waals surface area contributed by atoms with E-state index in [-0.39, 0.29) is 30.5 Å². The van der Waals surface area contributed by atoms with E-state index >= 15 is 0 Å². The molecule has 0 saturated heterocycles. The molecule has 0 spiro atoms. The molecule has 0 N–H and O–H groups in total. The molecule has 0 amide bonds. The van der Waals surface area contributed by atoms with Crippen LogP contribution < -0.4 is 0 Å². The minimum absolute atomic E-state index is 0.0946. The third kappa shape index (κ3) is 33.5. The van der Waals surface area contributed by atoms with E-state index < -0.39 is 17.3 Å². The first-order valence-corrected chi connectivity index (χ1v) is 18.5. The van der Waals surface area contributed by atoms with Gasteiger partial charge < -0.3 is 23.4 Å². The van der Waals surface area contributed by atoms with Gasteiger partial charge in [-0.2, -0.15) is 0 Å². The summed E-state index contributed by atoms with van der Waals surface area (Å²) in [4.78, 5) is 48.4. The molecule has 0 aromatic heterocycles. The number of unbranched alkanes of at least 4 members (excludes halogenated alkanes) is 14. The highest BCUT2D eigenvalue weighted by atomic mass is 16.6. The van der Waals surface area contributed by atoms with Crippen LogP contribution in [-0.2, 0) is 38.1 Å². The monoisotopic (exact) mass is 671 g/mol. The fourth-order valence-corrected chi connectivity index (χ4v) is 5.22. The molecule has 0 aliphatic heterocycles. The van der Waals surface area contributed by atoms with E-state index in [4.69, 9.17) is 18.9 Å². The second kappa shape index (κ2) is 24.9. The Morgan fingerprint density at radius 1 is 0.468 bits per heavy atom. The lowest BCUT2D eigenvalue weighted by Crippen LogP contribution is -2.45. The number of quaternary nitrogens is 1. The SMILES string of the molecule is CC(C)(C)OC(=O)CCCCCCCCCCC(=O)OCC(C[N+](C)(C)C)OC(=O)CCCCCCCCCCC(=O)OC(C)(C)C. The van der Waals surface area contributed by atoms with Crippen LogP contribution in [0.3, 0.4) is 0 Å². The maximum atomic E-state index is 12.5. The summed E-state index contributed by atoms with van der Waals surface area (Å²) in [5.74, 6) is -0.706. The second-order valence-corrected chi connectivity index (χ2v) is 16.1. The van der Waals surface area contributed by atoms with Gasteiger partial charge in [0.05, 0.1) is 21.1 Å². The molecule has 0 fully saturated rings. The fourth-order valence-electron chi connectivity index (χ4n) is 5.22. The molecule has 0 heterocycles. The molecular weight excluding hydrogens is 598 g/mol. The highest BCUT2D eigenvalue weighted by Gasteiger charge is 2.24. The van der Waals surface area contributed by atoms with Gasteiger partial charge in [-0.15, -0.1) is 0 Å². The predicted molar refractivity (Wildman–Crippen MR) is 188 cm³/mol. The average molecular weight is 671 g/mol. The lowest BCUT2D eigenvalue weighted by Gasteiger charge is -2.28. The Bertz CT molecular complexity index is 866. The van der Waals surface area contributed by atoms with Crippen LogP contribution in [0.2, 0.25) is 0 Å². The van der Waals surface area contributed by atoms with E-state index in [1.807, 2.05) is 62.7 Å². The van der Waals surface area contributed by atoms with Gasteiger partial charge in [-0.05, 0) is 67.2 Å². The number of hydrogen-bond donors (Lipinski definition) is 0. The number of ether oxygens (including phenoxy) is 4. The molecular formula is C38H72NO8+. The standard InChI is InChI=1S/C38H72NO8/c1-37(2,3)46-35(42)28-24-20-16-12-10-14-18-22-26-33(40)44-31-32(30-39(7,8)9)45-34(41)27-23-19-15-11-13-17-21-25-29-36(43)47-38(4,5)6/h32H,10-31H2,1-9H3/q+1. The van der Waals surface area contributed by atoms with Crippen LogP contribution in [0.1, 0.15) is 170 Å². The lowest BCUT2D eigenvalue weighted by atomic mass is 10.1. The van der Waals surface area contributed by atoms with Crippen molar-refractivity contribution in [3.8, 4) is 0 Å².